The van der Waals surface area contributed by atoms with Gasteiger partial charge < -0.3 is 4.57 Å². The Morgan fingerprint density at radius 3 is 2.86 bits per heavy atom. The van der Waals surface area contributed by atoms with Crippen molar-refractivity contribution in [3.05, 3.63) is 49.3 Å². The van der Waals surface area contributed by atoms with Gasteiger partial charge >= 0.3 is 0 Å². The second-order valence-electron chi connectivity index (χ2n) is 2.89. The van der Waals surface area contributed by atoms with Gasteiger partial charge in [-0.2, -0.15) is 0 Å². The number of allylic oxidation sites excluding steroid dienone is 1. The van der Waals surface area contributed by atoms with E-state index < -0.39 is 0 Å². The van der Waals surface area contributed by atoms with Gasteiger partial charge in [0.15, 0.2) is 5.82 Å². The van der Waals surface area contributed by atoms with Crippen molar-refractivity contribution >= 4 is 0 Å². The largest absolute Gasteiger partial charge is 0.300 e. The first kappa shape index (κ1) is 8.69. The summed E-state index contributed by atoms with van der Waals surface area (Å²) in [6.07, 6.45) is 4.59. The predicted molar refractivity (Wildman–Crippen MR) is 54.5 cm³/mol. The van der Waals surface area contributed by atoms with Crippen LogP contribution in [0, 0.1) is 6.33 Å². The fourth-order valence-corrected chi connectivity index (χ4v) is 1.28. The highest BCUT2D eigenvalue weighted by Crippen LogP contribution is 2.14. The first-order valence-electron chi connectivity index (χ1n) is 4.39. The molecule has 1 aromatic heterocycles. The molecule has 2 aromatic rings. The second-order valence-corrected chi connectivity index (χ2v) is 2.89. The molecule has 0 unspecified atom stereocenters. The van der Waals surface area contributed by atoms with Crippen LogP contribution in [0.2, 0.25) is 0 Å². The molecular weight excluding hydrogens is 174 g/mol. The Balaban J connectivity index is 2.41. The summed E-state index contributed by atoms with van der Waals surface area (Å²) in [4.78, 5) is 0. The summed E-state index contributed by atoms with van der Waals surface area (Å²) in [6, 6.07) is 9.92. The van der Waals surface area contributed by atoms with Crippen LogP contribution in [-0.2, 0) is 6.54 Å². The highest BCUT2D eigenvalue weighted by Gasteiger charge is 2.04. The number of hydrogen-bond acceptors (Lipinski definition) is 2. The molecule has 14 heavy (non-hydrogen) atoms. The van der Waals surface area contributed by atoms with Crippen molar-refractivity contribution in [2.75, 3.05) is 0 Å². The molecule has 0 aliphatic rings. The minimum atomic E-state index is 0.678. The van der Waals surface area contributed by atoms with Crippen LogP contribution in [0.25, 0.3) is 11.4 Å². The molecule has 3 heteroatoms. The normalized spacial score (nSPS) is 10.0. The van der Waals surface area contributed by atoms with Crippen LogP contribution in [-0.4, -0.2) is 14.8 Å². The summed E-state index contributed by atoms with van der Waals surface area (Å²) in [7, 11) is 0. The average molecular weight is 184 g/mol. The van der Waals surface area contributed by atoms with Crippen molar-refractivity contribution in [1.29, 1.82) is 0 Å². The number of benzene rings is 1. The van der Waals surface area contributed by atoms with E-state index in [1.165, 1.54) is 0 Å². The molecule has 0 saturated heterocycles. The van der Waals surface area contributed by atoms with Crippen molar-refractivity contribution in [3.8, 4) is 11.4 Å². The molecule has 0 aliphatic carbocycles. The Bertz CT molecular complexity index is 417. The molecule has 1 heterocycles. The monoisotopic (exact) mass is 184 g/mol. The Kier molecular flexibility index (Phi) is 2.40. The maximum Gasteiger partial charge on any atom is 0.202 e. The zero-order valence-corrected chi connectivity index (χ0v) is 7.72. The van der Waals surface area contributed by atoms with Gasteiger partial charge in [0.25, 0.3) is 0 Å². The fraction of sp³-hybridized carbons (Fsp3) is 0.0909. The zero-order valence-electron chi connectivity index (χ0n) is 7.72. The molecule has 0 spiro atoms. The average Bonchev–Trinajstić information content (AvgIpc) is 2.68. The quantitative estimate of drug-likeness (QED) is 0.682. The van der Waals surface area contributed by atoms with Crippen LogP contribution in [0.5, 0.6) is 0 Å². The van der Waals surface area contributed by atoms with Gasteiger partial charge in [0.05, 0.1) is 0 Å². The lowest BCUT2D eigenvalue weighted by Crippen LogP contribution is -1.96. The van der Waals surface area contributed by atoms with Crippen LogP contribution >= 0.6 is 0 Å². The Morgan fingerprint density at radius 2 is 2.14 bits per heavy atom. The van der Waals surface area contributed by atoms with E-state index >= 15 is 0 Å². The van der Waals surface area contributed by atoms with Crippen LogP contribution in [0.15, 0.2) is 43.0 Å². The minimum Gasteiger partial charge on any atom is -0.300 e. The first-order valence-corrected chi connectivity index (χ1v) is 4.39. The lowest BCUT2D eigenvalue weighted by Gasteiger charge is -2.01. The third-order valence-corrected chi connectivity index (χ3v) is 1.91. The van der Waals surface area contributed by atoms with Gasteiger partial charge in [0.2, 0.25) is 6.33 Å². The molecule has 1 aromatic carbocycles. The van der Waals surface area contributed by atoms with E-state index in [0.29, 0.717) is 6.54 Å². The first-order chi connectivity index (χ1) is 6.92. The number of nitrogens with zero attached hydrogens (tertiary/aromatic N) is 3. The van der Waals surface area contributed by atoms with Gasteiger partial charge in [-0.15, -0.1) is 16.8 Å². The van der Waals surface area contributed by atoms with Gasteiger partial charge in [-0.1, -0.05) is 36.4 Å². The minimum absolute atomic E-state index is 0.678. The fourth-order valence-electron chi connectivity index (χ4n) is 1.28. The third kappa shape index (κ3) is 1.57. The maximum absolute atomic E-state index is 4.01. The predicted octanol–water partition coefficient (Wildman–Crippen LogP) is 1.93. The molecule has 1 radical (unpaired) electrons. The summed E-state index contributed by atoms with van der Waals surface area (Å²) in [5.74, 6) is 0.825. The van der Waals surface area contributed by atoms with E-state index in [0.717, 1.165) is 11.4 Å². The molecule has 0 N–H and O–H groups in total. The highest BCUT2D eigenvalue weighted by atomic mass is 15.3. The molecule has 69 valence electrons. The molecular formula is C11H10N3. The molecule has 2 rings (SSSR count). The van der Waals surface area contributed by atoms with Gasteiger partial charge in [-0.25, -0.2) is 0 Å². The SMILES string of the molecule is C=CCn1[c]nnc1-c1ccccc1. The number of rotatable bonds is 3. The molecule has 0 bridgehead atoms. The molecule has 0 amide bonds. The lowest BCUT2D eigenvalue weighted by molar-refractivity contribution is 0.820. The molecule has 0 atom stereocenters. The molecule has 3 nitrogen and oxygen atoms in total. The third-order valence-electron chi connectivity index (χ3n) is 1.91. The summed E-state index contributed by atoms with van der Waals surface area (Å²) in [5, 5.41) is 7.77. The van der Waals surface area contributed by atoms with E-state index in [1.54, 1.807) is 6.08 Å². The van der Waals surface area contributed by atoms with Crippen LogP contribution in [0.1, 0.15) is 0 Å². The summed E-state index contributed by atoms with van der Waals surface area (Å²) in [5.41, 5.74) is 1.04. The molecule has 0 fully saturated rings. The number of aromatic nitrogens is 3. The van der Waals surface area contributed by atoms with E-state index in [2.05, 4.69) is 23.1 Å². The van der Waals surface area contributed by atoms with Crippen molar-refractivity contribution in [2.45, 2.75) is 6.54 Å². The smallest absolute Gasteiger partial charge is 0.202 e. The van der Waals surface area contributed by atoms with Gasteiger partial charge in [-0.05, 0) is 0 Å². The van der Waals surface area contributed by atoms with Crippen molar-refractivity contribution in [2.24, 2.45) is 0 Å². The topological polar surface area (TPSA) is 30.7 Å². The van der Waals surface area contributed by atoms with Gasteiger partial charge in [0, 0.05) is 12.1 Å². The second kappa shape index (κ2) is 3.87. The van der Waals surface area contributed by atoms with E-state index in [9.17, 15) is 0 Å². The molecule has 0 aliphatic heterocycles. The van der Waals surface area contributed by atoms with Gasteiger partial charge in [-0.3, -0.25) is 0 Å². The summed E-state index contributed by atoms with van der Waals surface area (Å²) < 4.78 is 1.84. The van der Waals surface area contributed by atoms with Crippen molar-refractivity contribution < 1.29 is 0 Å². The standard InChI is InChI=1S/C11H10N3/c1-2-8-14-9-12-13-11(14)10-6-4-3-5-7-10/h2-7H,1,8H2. The number of hydrogen-bond donors (Lipinski definition) is 0. The van der Waals surface area contributed by atoms with E-state index in [1.807, 2.05) is 34.9 Å². The lowest BCUT2D eigenvalue weighted by atomic mass is 10.2. The van der Waals surface area contributed by atoms with Crippen LogP contribution in [0.4, 0.5) is 0 Å². The summed E-state index contributed by atoms with van der Waals surface area (Å²) >= 11 is 0. The van der Waals surface area contributed by atoms with Crippen molar-refractivity contribution in [1.82, 2.24) is 14.8 Å². The van der Waals surface area contributed by atoms with E-state index in [-0.39, 0.29) is 0 Å². The van der Waals surface area contributed by atoms with Gasteiger partial charge in [0.1, 0.15) is 0 Å². The Labute approximate surface area is 82.7 Å². The maximum atomic E-state index is 4.01. The Morgan fingerprint density at radius 1 is 1.36 bits per heavy atom. The molecule has 0 saturated carbocycles. The Hall–Kier alpha value is -1.90. The highest BCUT2D eigenvalue weighted by molar-refractivity contribution is 5.54. The zero-order chi connectivity index (χ0) is 9.80. The van der Waals surface area contributed by atoms with Crippen molar-refractivity contribution in [3.63, 3.8) is 0 Å². The van der Waals surface area contributed by atoms with Crippen LogP contribution < -0.4 is 0 Å². The summed E-state index contributed by atoms with van der Waals surface area (Å²) in [6.45, 7) is 4.35. The van der Waals surface area contributed by atoms with Crippen LogP contribution in [0.3, 0.4) is 0 Å². The van der Waals surface area contributed by atoms with E-state index in [4.69, 9.17) is 0 Å².